The number of benzene rings is 1. The molecule has 1 aliphatic rings. The first kappa shape index (κ1) is 23.8. The normalized spacial score (nSPS) is 16.7. The van der Waals surface area contributed by atoms with E-state index in [-0.39, 0.29) is 11.8 Å². The van der Waals surface area contributed by atoms with E-state index >= 15 is 0 Å². The maximum atomic E-state index is 13.0. The van der Waals surface area contributed by atoms with Gasteiger partial charge in [-0.1, -0.05) is 17.7 Å². The molecule has 1 aliphatic heterocycles. The zero-order valence-corrected chi connectivity index (χ0v) is 19.6. The molecule has 2 rings (SSSR count). The number of nitrogens with one attached hydrogen (secondary N) is 1. The molecule has 0 aliphatic carbocycles. The highest BCUT2D eigenvalue weighted by Crippen LogP contribution is 2.26. The Morgan fingerprint density at radius 1 is 1.14 bits per heavy atom. The van der Waals surface area contributed by atoms with Crippen molar-refractivity contribution in [3.8, 4) is 0 Å². The summed E-state index contributed by atoms with van der Waals surface area (Å²) in [7, 11) is -3.51. The summed E-state index contributed by atoms with van der Waals surface area (Å²) >= 11 is 0. The summed E-state index contributed by atoms with van der Waals surface area (Å²) in [5.41, 5.74) is 1.81. The van der Waals surface area contributed by atoms with E-state index in [2.05, 4.69) is 37.9 Å². The molecule has 164 valence electrons. The minimum absolute atomic E-state index is 0.0426. The summed E-state index contributed by atoms with van der Waals surface area (Å²) < 4.78 is 27.5. The number of carbonyl (C=O) groups is 1. The van der Waals surface area contributed by atoms with Crippen molar-refractivity contribution in [1.82, 2.24) is 14.5 Å². The Bertz CT molecular complexity index is 790. The zero-order chi connectivity index (χ0) is 21.8. The summed E-state index contributed by atoms with van der Waals surface area (Å²) in [5, 5.41) is 3.04. The maximum Gasteiger partial charge on any atom is 0.243 e. The van der Waals surface area contributed by atoms with Crippen molar-refractivity contribution in [3.63, 3.8) is 0 Å². The number of rotatable bonds is 8. The molecule has 1 saturated heterocycles. The second kappa shape index (κ2) is 10.0. The molecule has 1 aromatic rings. The highest BCUT2D eigenvalue weighted by molar-refractivity contribution is 7.89. The Kier molecular flexibility index (Phi) is 8.26. The van der Waals surface area contributed by atoms with Gasteiger partial charge in [0.15, 0.2) is 0 Å². The predicted molar refractivity (Wildman–Crippen MR) is 117 cm³/mol. The summed E-state index contributed by atoms with van der Waals surface area (Å²) in [6, 6.07) is 6.28. The third-order valence-electron chi connectivity index (χ3n) is 5.77. The number of nitrogens with zero attached hydrogens (tertiary/aromatic N) is 2. The van der Waals surface area contributed by atoms with Gasteiger partial charge in [-0.05, 0) is 66.0 Å². The van der Waals surface area contributed by atoms with Crippen LogP contribution >= 0.6 is 0 Å². The first-order valence-electron chi connectivity index (χ1n) is 10.6. The quantitative estimate of drug-likeness (QED) is 0.698. The topological polar surface area (TPSA) is 69.7 Å². The lowest BCUT2D eigenvalue weighted by Crippen LogP contribution is -2.46. The van der Waals surface area contributed by atoms with E-state index in [1.54, 1.807) is 6.07 Å². The van der Waals surface area contributed by atoms with E-state index in [0.29, 0.717) is 49.5 Å². The van der Waals surface area contributed by atoms with Crippen molar-refractivity contribution >= 4 is 15.9 Å². The van der Waals surface area contributed by atoms with Gasteiger partial charge in [0.25, 0.3) is 0 Å². The van der Waals surface area contributed by atoms with Crippen molar-refractivity contribution in [2.45, 2.75) is 71.4 Å². The molecule has 6 nitrogen and oxygen atoms in total. The molecule has 0 atom stereocenters. The Morgan fingerprint density at radius 3 is 2.24 bits per heavy atom. The molecular weight excluding hydrogens is 386 g/mol. The number of aryl methyl sites for hydroxylation is 2. The van der Waals surface area contributed by atoms with Crippen molar-refractivity contribution in [3.05, 3.63) is 29.3 Å². The van der Waals surface area contributed by atoms with Crippen LogP contribution in [0, 0.1) is 19.8 Å². The van der Waals surface area contributed by atoms with Crippen LogP contribution in [0.2, 0.25) is 0 Å². The van der Waals surface area contributed by atoms with Crippen molar-refractivity contribution in [1.29, 1.82) is 0 Å². The van der Waals surface area contributed by atoms with Crippen molar-refractivity contribution < 1.29 is 13.2 Å². The highest BCUT2D eigenvalue weighted by atomic mass is 32.2. The molecule has 29 heavy (non-hydrogen) atoms. The van der Waals surface area contributed by atoms with Gasteiger partial charge in [0, 0.05) is 44.2 Å². The van der Waals surface area contributed by atoms with Gasteiger partial charge in [0.1, 0.15) is 0 Å². The van der Waals surface area contributed by atoms with Crippen LogP contribution in [0.1, 0.15) is 51.7 Å². The maximum absolute atomic E-state index is 13.0. The standard InChI is InChI=1S/C22H37N3O3S/c1-16(2)25(17(3)4)14-11-23-22(26)20-9-12-24(13-10-20)29(27,28)21-8-7-18(5)15-19(21)6/h7-8,15-17,20H,9-14H2,1-6H3,(H,23,26). The number of amides is 1. The summed E-state index contributed by atoms with van der Waals surface area (Å²) in [5.74, 6) is -0.0758. The van der Waals surface area contributed by atoms with Crippen LogP contribution in [-0.4, -0.2) is 61.8 Å². The Balaban J connectivity index is 1.89. The molecule has 1 amide bonds. The van der Waals surface area contributed by atoms with Gasteiger partial charge >= 0.3 is 0 Å². The second-order valence-corrected chi connectivity index (χ2v) is 10.6. The van der Waals surface area contributed by atoms with Crippen molar-refractivity contribution in [2.24, 2.45) is 5.92 Å². The van der Waals surface area contributed by atoms with Crippen LogP contribution in [0.15, 0.2) is 23.1 Å². The van der Waals surface area contributed by atoms with E-state index < -0.39 is 10.0 Å². The Hall–Kier alpha value is -1.44. The molecule has 1 aromatic carbocycles. The molecule has 7 heteroatoms. The van der Waals surface area contributed by atoms with Gasteiger partial charge < -0.3 is 5.32 Å². The third-order valence-corrected chi connectivity index (χ3v) is 7.83. The fourth-order valence-electron chi connectivity index (χ4n) is 4.15. The Morgan fingerprint density at radius 2 is 1.72 bits per heavy atom. The highest BCUT2D eigenvalue weighted by Gasteiger charge is 2.32. The van der Waals surface area contributed by atoms with E-state index in [1.165, 1.54) is 4.31 Å². The van der Waals surface area contributed by atoms with Crippen molar-refractivity contribution in [2.75, 3.05) is 26.2 Å². The number of piperidine rings is 1. The van der Waals surface area contributed by atoms with E-state index in [9.17, 15) is 13.2 Å². The number of hydrogen-bond donors (Lipinski definition) is 1. The van der Waals surface area contributed by atoms with Crippen LogP contribution in [0.4, 0.5) is 0 Å². The van der Waals surface area contributed by atoms with E-state index in [4.69, 9.17) is 0 Å². The SMILES string of the molecule is Cc1ccc(S(=O)(=O)N2CCC(C(=O)NCCN(C(C)C)C(C)C)CC2)c(C)c1. The summed E-state index contributed by atoms with van der Waals surface area (Å²) in [6.45, 7) is 14.6. The lowest BCUT2D eigenvalue weighted by atomic mass is 9.97. The molecule has 1 fully saturated rings. The predicted octanol–water partition coefficient (Wildman–Crippen LogP) is 2.94. The first-order valence-corrected chi connectivity index (χ1v) is 12.1. The zero-order valence-electron chi connectivity index (χ0n) is 18.7. The average Bonchev–Trinajstić information content (AvgIpc) is 2.64. The van der Waals surface area contributed by atoms with Gasteiger partial charge in [-0.3, -0.25) is 9.69 Å². The van der Waals surface area contributed by atoms with Gasteiger partial charge in [-0.2, -0.15) is 4.31 Å². The summed E-state index contributed by atoms with van der Waals surface area (Å²) in [6.07, 6.45) is 1.13. The van der Waals surface area contributed by atoms with Crippen LogP contribution in [0.3, 0.4) is 0 Å². The number of sulfonamides is 1. The molecule has 0 radical (unpaired) electrons. The number of hydrogen-bond acceptors (Lipinski definition) is 4. The molecule has 1 heterocycles. The fourth-order valence-corrected chi connectivity index (χ4v) is 5.83. The monoisotopic (exact) mass is 423 g/mol. The van der Waals surface area contributed by atoms with Gasteiger partial charge in [-0.25, -0.2) is 8.42 Å². The van der Waals surface area contributed by atoms with Crippen LogP contribution in [0.25, 0.3) is 0 Å². The van der Waals surface area contributed by atoms with Gasteiger partial charge in [-0.15, -0.1) is 0 Å². The third kappa shape index (κ3) is 6.03. The Labute approximate surface area is 176 Å². The largest absolute Gasteiger partial charge is 0.355 e. The lowest BCUT2D eigenvalue weighted by molar-refractivity contribution is -0.126. The summed E-state index contributed by atoms with van der Waals surface area (Å²) in [4.78, 5) is 15.3. The molecule has 0 spiro atoms. The second-order valence-electron chi connectivity index (χ2n) is 8.66. The molecule has 0 unspecified atom stereocenters. The van der Waals surface area contributed by atoms with E-state index in [0.717, 1.165) is 17.7 Å². The van der Waals surface area contributed by atoms with Gasteiger partial charge in [0.2, 0.25) is 15.9 Å². The minimum Gasteiger partial charge on any atom is -0.355 e. The molecule has 0 aromatic heterocycles. The smallest absolute Gasteiger partial charge is 0.243 e. The number of carbonyl (C=O) groups excluding carboxylic acids is 1. The molecule has 0 saturated carbocycles. The molecule has 1 N–H and O–H groups in total. The van der Waals surface area contributed by atoms with E-state index in [1.807, 2.05) is 26.0 Å². The van der Waals surface area contributed by atoms with Crippen LogP contribution in [0.5, 0.6) is 0 Å². The van der Waals surface area contributed by atoms with Gasteiger partial charge in [0.05, 0.1) is 4.90 Å². The first-order chi connectivity index (χ1) is 13.5. The lowest BCUT2D eigenvalue weighted by Gasteiger charge is -2.32. The fraction of sp³-hybridized carbons (Fsp3) is 0.682. The molecular formula is C22H37N3O3S. The minimum atomic E-state index is -3.51. The molecule has 0 bridgehead atoms. The van der Waals surface area contributed by atoms with Crippen LogP contribution < -0.4 is 5.32 Å². The average molecular weight is 424 g/mol. The van der Waals surface area contributed by atoms with Crippen LogP contribution in [-0.2, 0) is 14.8 Å².